The average Bonchev–Trinajstić information content (AvgIpc) is 2.45. The molecule has 2 rings (SSSR count). The summed E-state index contributed by atoms with van der Waals surface area (Å²) in [6.07, 6.45) is 0. The highest BCUT2D eigenvalue weighted by atomic mass is 16.5. The molecule has 1 aliphatic heterocycles. The molecule has 1 heterocycles. The Morgan fingerprint density at radius 2 is 1.90 bits per heavy atom. The maximum absolute atomic E-state index is 12.2. The minimum atomic E-state index is 0.0827. The Hall–Kier alpha value is -1.55. The van der Waals surface area contributed by atoms with Crippen LogP contribution < -0.4 is 4.74 Å². The number of hydrogen-bond acceptors (Lipinski definition) is 3. The third kappa shape index (κ3) is 4.21. The molecule has 0 aliphatic carbocycles. The monoisotopic (exact) mass is 290 g/mol. The van der Waals surface area contributed by atoms with Crippen molar-refractivity contribution in [2.75, 3.05) is 39.8 Å². The molecule has 1 amide bonds. The van der Waals surface area contributed by atoms with E-state index in [1.807, 2.05) is 17.9 Å². The first-order chi connectivity index (χ1) is 9.97. The van der Waals surface area contributed by atoms with Gasteiger partial charge < -0.3 is 14.5 Å². The van der Waals surface area contributed by atoms with E-state index in [2.05, 4.69) is 37.9 Å². The second-order valence-corrected chi connectivity index (χ2v) is 6.17. The molecule has 1 aromatic rings. The summed E-state index contributed by atoms with van der Waals surface area (Å²) >= 11 is 0. The van der Waals surface area contributed by atoms with Gasteiger partial charge in [0.15, 0.2) is 6.61 Å². The molecule has 4 nitrogen and oxygen atoms in total. The number of benzene rings is 1. The quantitative estimate of drug-likeness (QED) is 0.853. The highest BCUT2D eigenvalue weighted by Gasteiger charge is 2.19. The number of amides is 1. The van der Waals surface area contributed by atoms with E-state index in [1.54, 1.807) is 0 Å². The van der Waals surface area contributed by atoms with Crippen LogP contribution in [0.1, 0.15) is 30.9 Å². The lowest BCUT2D eigenvalue weighted by atomic mass is 10.0. The molecule has 21 heavy (non-hydrogen) atoms. The summed E-state index contributed by atoms with van der Waals surface area (Å²) in [6.45, 7) is 9.92. The molecule has 1 fully saturated rings. The number of likely N-dealkylation sites (N-methyl/N-ethyl adjacent to an activating group) is 1. The van der Waals surface area contributed by atoms with E-state index in [9.17, 15) is 4.79 Å². The summed E-state index contributed by atoms with van der Waals surface area (Å²) in [5.74, 6) is 1.31. The van der Waals surface area contributed by atoms with Gasteiger partial charge in [-0.05, 0) is 37.1 Å². The van der Waals surface area contributed by atoms with Gasteiger partial charge in [0.2, 0.25) is 0 Å². The Balaban J connectivity index is 1.96. The lowest BCUT2D eigenvalue weighted by Crippen LogP contribution is -2.48. The topological polar surface area (TPSA) is 32.8 Å². The summed E-state index contributed by atoms with van der Waals surface area (Å²) in [7, 11) is 2.08. The van der Waals surface area contributed by atoms with Crippen LogP contribution >= 0.6 is 0 Å². The number of rotatable bonds is 4. The number of ether oxygens (including phenoxy) is 1. The fraction of sp³-hybridized carbons (Fsp3) is 0.588. The fourth-order valence-electron chi connectivity index (χ4n) is 2.53. The van der Waals surface area contributed by atoms with Crippen molar-refractivity contribution in [3.8, 4) is 5.75 Å². The third-order valence-corrected chi connectivity index (χ3v) is 4.00. The molecule has 1 aliphatic rings. The number of nitrogens with zero attached hydrogens (tertiary/aromatic N) is 2. The van der Waals surface area contributed by atoms with Gasteiger partial charge >= 0.3 is 0 Å². The van der Waals surface area contributed by atoms with Gasteiger partial charge in [-0.15, -0.1) is 0 Å². The van der Waals surface area contributed by atoms with E-state index in [0.29, 0.717) is 5.92 Å². The van der Waals surface area contributed by atoms with E-state index >= 15 is 0 Å². The second kappa shape index (κ2) is 6.94. The van der Waals surface area contributed by atoms with Crippen LogP contribution in [-0.4, -0.2) is 55.5 Å². The van der Waals surface area contributed by atoms with Crippen molar-refractivity contribution in [1.82, 2.24) is 9.80 Å². The number of carbonyl (C=O) groups excluding carboxylic acids is 1. The van der Waals surface area contributed by atoms with Crippen molar-refractivity contribution in [3.63, 3.8) is 0 Å². The molecule has 0 spiro atoms. The van der Waals surface area contributed by atoms with E-state index < -0.39 is 0 Å². The first kappa shape index (κ1) is 15.8. The standard InChI is InChI=1S/C17H26N2O2/c1-13(2)15-6-5-14(3)11-16(15)21-12-17(20)19-9-7-18(4)8-10-19/h5-6,11,13H,7-10,12H2,1-4H3. The van der Waals surface area contributed by atoms with Gasteiger partial charge in [0.25, 0.3) is 5.91 Å². The zero-order valence-electron chi connectivity index (χ0n) is 13.6. The predicted molar refractivity (Wildman–Crippen MR) is 84.8 cm³/mol. The molecule has 0 saturated carbocycles. The van der Waals surface area contributed by atoms with Crippen molar-refractivity contribution in [2.45, 2.75) is 26.7 Å². The van der Waals surface area contributed by atoms with Crippen molar-refractivity contribution < 1.29 is 9.53 Å². The van der Waals surface area contributed by atoms with Crippen LogP contribution in [0.5, 0.6) is 5.75 Å². The van der Waals surface area contributed by atoms with Crippen LogP contribution in [0.25, 0.3) is 0 Å². The predicted octanol–water partition coefficient (Wildman–Crippen LogP) is 2.27. The van der Waals surface area contributed by atoms with Gasteiger partial charge in [0.1, 0.15) is 5.75 Å². The van der Waals surface area contributed by atoms with Gasteiger partial charge in [0.05, 0.1) is 0 Å². The highest BCUT2D eigenvalue weighted by Crippen LogP contribution is 2.27. The Morgan fingerprint density at radius 1 is 1.24 bits per heavy atom. The van der Waals surface area contributed by atoms with Crippen LogP contribution in [0.15, 0.2) is 18.2 Å². The molecular weight excluding hydrogens is 264 g/mol. The molecule has 0 unspecified atom stereocenters. The minimum absolute atomic E-state index is 0.0827. The summed E-state index contributed by atoms with van der Waals surface area (Å²) in [6, 6.07) is 6.20. The highest BCUT2D eigenvalue weighted by molar-refractivity contribution is 5.78. The Morgan fingerprint density at radius 3 is 2.52 bits per heavy atom. The minimum Gasteiger partial charge on any atom is -0.483 e. The van der Waals surface area contributed by atoms with Crippen molar-refractivity contribution in [2.24, 2.45) is 0 Å². The van der Waals surface area contributed by atoms with Crippen molar-refractivity contribution in [1.29, 1.82) is 0 Å². The molecule has 0 aromatic heterocycles. The fourth-order valence-corrected chi connectivity index (χ4v) is 2.53. The molecule has 1 saturated heterocycles. The summed E-state index contributed by atoms with van der Waals surface area (Å²) in [5.41, 5.74) is 2.31. The van der Waals surface area contributed by atoms with Gasteiger partial charge in [-0.2, -0.15) is 0 Å². The van der Waals surface area contributed by atoms with Gasteiger partial charge in [0, 0.05) is 26.2 Å². The first-order valence-electron chi connectivity index (χ1n) is 7.67. The lowest BCUT2D eigenvalue weighted by molar-refractivity contribution is -0.134. The second-order valence-electron chi connectivity index (χ2n) is 6.17. The number of carbonyl (C=O) groups is 1. The lowest BCUT2D eigenvalue weighted by Gasteiger charge is -2.32. The summed E-state index contributed by atoms with van der Waals surface area (Å²) < 4.78 is 5.82. The van der Waals surface area contributed by atoms with Gasteiger partial charge in [-0.25, -0.2) is 0 Å². The van der Waals surface area contributed by atoms with Gasteiger partial charge in [-0.1, -0.05) is 26.0 Å². The van der Waals surface area contributed by atoms with Crippen molar-refractivity contribution >= 4 is 5.91 Å². The normalized spacial score (nSPS) is 16.3. The maximum atomic E-state index is 12.2. The van der Waals surface area contributed by atoms with Crippen LogP contribution in [0.4, 0.5) is 0 Å². The van der Waals surface area contributed by atoms with E-state index in [0.717, 1.165) is 43.1 Å². The maximum Gasteiger partial charge on any atom is 0.260 e. The molecule has 4 heteroatoms. The molecule has 0 N–H and O–H groups in total. The Kier molecular flexibility index (Phi) is 5.23. The van der Waals surface area contributed by atoms with Crippen LogP contribution in [0.2, 0.25) is 0 Å². The summed E-state index contributed by atoms with van der Waals surface area (Å²) in [5, 5.41) is 0. The van der Waals surface area contributed by atoms with Crippen LogP contribution in [-0.2, 0) is 4.79 Å². The zero-order chi connectivity index (χ0) is 15.4. The SMILES string of the molecule is Cc1ccc(C(C)C)c(OCC(=O)N2CCN(C)CC2)c1. The smallest absolute Gasteiger partial charge is 0.260 e. The molecule has 1 aromatic carbocycles. The molecular formula is C17H26N2O2. The number of aryl methyl sites for hydroxylation is 1. The molecule has 116 valence electrons. The van der Waals surface area contributed by atoms with E-state index in [-0.39, 0.29) is 12.5 Å². The number of piperazine rings is 1. The molecule has 0 bridgehead atoms. The third-order valence-electron chi connectivity index (χ3n) is 4.00. The largest absolute Gasteiger partial charge is 0.483 e. The summed E-state index contributed by atoms with van der Waals surface area (Å²) in [4.78, 5) is 16.4. The van der Waals surface area contributed by atoms with E-state index in [1.165, 1.54) is 0 Å². The van der Waals surface area contributed by atoms with Crippen LogP contribution in [0.3, 0.4) is 0 Å². The number of hydrogen-bond donors (Lipinski definition) is 0. The molecule has 0 radical (unpaired) electrons. The van der Waals surface area contributed by atoms with Gasteiger partial charge in [-0.3, -0.25) is 4.79 Å². The first-order valence-corrected chi connectivity index (χ1v) is 7.67. The van der Waals surface area contributed by atoms with Crippen molar-refractivity contribution in [3.05, 3.63) is 29.3 Å². The van der Waals surface area contributed by atoms with Crippen LogP contribution in [0, 0.1) is 6.92 Å². The van der Waals surface area contributed by atoms with E-state index in [4.69, 9.17) is 4.74 Å². The average molecular weight is 290 g/mol. The zero-order valence-corrected chi connectivity index (χ0v) is 13.6. The molecule has 0 atom stereocenters. The Labute approximate surface area is 127 Å². The Bertz CT molecular complexity index is 492.